The minimum absolute atomic E-state index is 0. The first-order valence-electron chi connectivity index (χ1n) is 9.67. The van der Waals surface area contributed by atoms with Crippen LogP contribution in [0.15, 0.2) is 0 Å². The molecular formula is C20H44O4TiZn. The van der Waals surface area contributed by atoms with Crippen molar-refractivity contribution in [2.75, 3.05) is 19.8 Å². The van der Waals surface area contributed by atoms with Gasteiger partial charge in [-0.1, -0.05) is 47.0 Å². The predicted octanol–water partition coefficient (Wildman–Crippen LogP) is 5.54. The maximum Gasteiger partial charge on any atom is 2.00 e. The van der Waals surface area contributed by atoms with Crippen molar-refractivity contribution in [1.82, 2.24) is 0 Å². The van der Waals surface area contributed by atoms with Gasteiger partial charge in [0.2, 0.25) is 0 Å². The summed E-state index contributed by atoms with van der Waals surface area (Å²) in [6.07, 6.45) is 6.16. The van der Waals surface area contributed by atoms with E-state index in [1.165, 1.54) is 0 Å². The SMILES string of the molecule is CCCCOC(CC)C(O)(OCCCC)OCCCC.[CH2-]C.[CH2-]C.[Ti].[Zn+2]. The van der Waals surface area contributed by atoms with Crippen LogP contribution >= 0.6 is 0 Å². The van der Waals surface area contributed by atoms with Gasteiger partial charge >= 0.3 is 25.5 Å². The second-order valence-corrected chi connectivity index (χ2v) is 5.16. The smallest absolute Gasteiger partial charge is 0.370 e. The molecule has 0 heterocycles. The van der Waals surface area contributed by atoms with Gasteiger partial charge in [-0.25, -0.2) is 0 Å². The van der Waals surface area contributed by atoms with Crippen molar-refractivity contribution < 1.29 is 60.5 Å². The Kier molecular flexibility index (Phi) is 45.0. The van der Waals surface area contributed by atoms with Crippen LogP contribution in [0.2, 0.25) is 0 Å². The van der Waals surface area contributed by atoms with Crippen LogP contribution in [0.25, 0.3) is 0 Å². The molecule has 1 atom stereocenters. The topological polar surface area (TPSA) is 47.9 Å². The molecule has 0 aliphatic heterocycles. The van der Waals surface area contributed by atoms with E-state index in [2.05, 4.69) is 34.6 Å². The first-order valence-corrected chi connectivity index (χ1v) is 9.67. The van der Waals surface area contributed by atoms with Gasteiger partial charge in [0.15, 0.2) is 0 Å². The van der Waals surface area contributed by atoms with E-state index in [4.69, 9.17) is 14.2 Å². The molecule has 0 saturated carbocycles. The Morgan fingerprint density at radius 1 is 0.769 bits per heavy atom. The molecule has 0 rings (SSSR count). The van der Waals surface area contributed by atoms with Gasteiger partial charge in [0.05, 0.1) is 13.2 Å². The second-order valence-electron chi connectivity index (χ2n) is 5.16. The third kappa shape index (κ3) is 21.5. The summed E-state index contributed by atoms with van der Waals surface area (Å²) in [7, 11) is 0. The molecule has 0 bridgehead atoms. The van der Waals surface area contributed by atoms with Crippen LogP contribution in [-0.4, -0.2) is 37.0 Å². The summed E-state index contributed by atoms with van der Waals surface area (Å²) in [4.78, 5) is 0. The van der Waals surface area contributed by atoms with E-state index < -0.39 is 12.1 Å². The molecule has 0 aliphatic rings. The minimum atomic E-state index is -1.60. The van der Waals surface area contributed by atoms with Crippen molar-refractivity contribution in [2.45, 2.75) is 98.6 Å². The van der Waals surface area contributed by atoms with Gasteiger partial charge in [0, 0.05) is 28.3 Å². The number of rotatable bonds is 14. The third-order valence-electron chi connectivity index (χ3n) is 3.21. The molecule has 0 aromatic carbocycles. The molecule has 26 heavy (non-hydrogen) atoms. The molecule has 6 heteroatoms. The van der Waals surface area contributed by atoms with Crippen molar-refractivity contribution in [3.05, 3.63) is 13.8 Å². The molecule has 0 radical (unpaired) electrons. The molecule has 0 saturated heterocycles. The Labute approximate surface area is 192 Å². The van der Waals surface area contributed by atoms with Crippen LogP contribution in [0.3, 0.4) is 0 Å². The molecule has 0 aromatic rings. The zero-order chi connectivity index (χ0) is 19.3. The quantitative estimate of drug-likeness (QED) is 0.160. The van der Waals surface area contributed by atoms with E-state index in [9.17, 15) is 5.11 Å². The first kappa shape index (κ1) is 37.9. The average Bonchev–Trinajstić information content (AvgIpc) is 2.62. The van der Waals surface area contributed by atoms with Gasteiger partial charge in [-0.05, 0) is 25.7 Å². The van der Waals surface area contributed by atoms with Crippen LogP contribution in [0.5, 0.6) is 0 Å². The molecule has 0 fully saturated rings. The van der Waals surface area contributed by atoms with E-state index in [-0.39, 0.29) is 41.2 Å². The fraction of sp³-hybridized carbons (Fsp3) is 0.900. The number of hydrogen-bond acceptors (Lipinski definition) is 4. The Bertz CT molecular complexity index is 212. The first-order chi connectivity index (χ1) is 11.6. The van der Waals surface area contributed by atoms with Gasteiger partial charge in [-0.15, -0.1) is 0 Å². The molecule has 0 aromatic heterocycles. The Morgan fingerprint density at radius 2 is 1.12 bits per heavy atom. The molecule has 0 aliphatic carbocycles. The van der Waals surface area contributed by atoms with Crippen LogP contribution in [0.1, 0.15) is 86.5 Å². The van der Waals surface area contributed by atoms with Gasteiger partial charge in [-0.2, -0.15) is 13.8 Å². The van der Waals surface area contributed by atoms with Gasteiger partial charge in [0.1, 0.15) is 6.10 Å². The van der Waals surface area contributed by atoms with Crippen molar-refractivity contribution >= 4 is 0 Å². The average molecular weight is 462 g/mol. The Hall–Kier alpha value is 1.18. The number of unbranched alkanes of at least 4 members (excludes halogenated alkanes) is 3. The standard InChI is InChI=1S/C16H34O4.2C2H5.Ti.Zn/c1-5-9-12-18-15(8-4)16(17,19-13-10-6-2)20-14-11-7-3;2*1-2;;/h15,17H,5-14H2,1-4H3;2*1H2,2H3;;/q;2*-1;;+2. The van der Waals surface area contributed by atoms with Crippen LogP contribution in [0, 0.1) is 13.8 Å². The maximum absolute atomic E-state index is 10.7. The normalized spacial score (nSPS) is 11.0. The molecule has 4 nitrogen and oxygen atoms in total. The fourth-order valence-electron chi connectivity index (χ4n) is 1.80. The van der Waals surface area contributed by atoms with Crippen molar-refractivity contribution in [3.8, 4) is 0 Å². The molecular weight excluding hydrogens is 417 g/mol. The Balaban J connectivity index is -0.000000227. The number of ether oxygens (including phenoxy) is 3. The number of aliphatic hydroxyl groups is 1. The fourth-order valence-corrected chi connectivity index (χ4v) is 1.80. The minimum Gasteiger partial charge on any atom is -0.370 e. The van der Waals surface area contributed by atoms with Crippen molar-refractivity contribution in [1.29, 1.82) is 0 Å². The van der Waals surface area contributed by atoms with Crippen LogP contribution in [0.4, 0.5) is 0 Å². The van der Waals surface area contributed by atoms with Gasteiger partial charge in [0.25, 0.3) is 0 Å². The van der Waals surface area contributed by atoms with Crippen molar-refractivity contribution in [3.63, 3.8) is 0 Å². The van der Waals surface area contributed by atoms with E-state index in [1.807, 2.05) is 6.92 Å². The van der Waals surface area contributed by atoms with Crippen LogP contribution in [-0.2, 0) is 55.4 Å². The second kappa shape index (κ2) is 30.9. The summed E-state index contributed by atoms with van der Waals surface area (Å²) in [5.74, 6) is -1.60. The maximum atomic E-state index is 10.7. The summed E-state index contributed by atoms with van der Waals surface area (Å²) in [6.45, 7) is 19.9. The zero-order valence-corrected chi connectivity index (χ0v) is 23.0. The number of hydrogen-bond donors (Lipinski definition) is 1. The summed E-state index contributed by atoms with van der Waals surface area (Å²) in [5.41, 5.74) is 0. The van der Waals surface area contributed by atoms with E-state index >= 15 is 0 Å². The molecule has 0 amide bonds. The van der Waals surface area contributed by atoms with Crippen molar-refractivity contribution in [2.24, 2.45) is 0 Å². The largest absolute Gasteiger partial charge is 2.00 e. The molecule has 1 N–H and O–H groups in total. The summed E-state index contributed by atoms with van der Waals surface area (Å²) < 4.78 is 17.0. The van der Waals surface area contributed by atoms with Gasteiger partial charge < -0.3 is 33.2 Å². The summed E-state index contributed by atoms with van der Waals surface area (Å²) in [6, 6.07) is 0. The van der Waals surface area contributed by atoms with E-state index in [0.717, 1.165) is 38.5 Å². The van der Waals surface area contributed by atoms with Gasteiger partial charge in [-0.3, -0.25) is 0 Å². The van der Waals surface area contributed by atoms with Crippen LogP contribution < -0.4 is 0 Å². The monoisotopic (exact) mass is 460 g/mol. The van der Waals surface area contributed by atoms with E-state index in [0.29, 0.717) is 26.2 Å². The summed E-state index contributed by atoms with van der Waals surface area (Å²) in [5, 5.41) is 10.7. The molecule has 1 unspecified atom stereocenters. The molecule has 154 valence electrons. The van der Waals surface area contributed by atoms with E-state index in [1.54, 1.807) is 13.8 Å². The molecule has 0 spiro atoms. The zero-order valence-electron chi connectivity index (χ0n) is 18.4. The third-order valence-corrected chi connectivity index (χ3v) is 3.21. The predicted molar refractivity (Wildman–Crippen MR) is 104 cm³/mol. The Morgan fingerprint density at radius 3 is 1.42 bits per heavy atom. The summed E-state index contributed by atoms with van der Waals surface area (Å²) >= 11 is 0.